The van der Waals surface area contributed by atoms with Crippen LogP contribution in [0.5, 0.6) is 0 Å². The number of rotatable bonds is 15. The number of hydrogen-bond acceptors (Lipinski definition) is 29. The van der Waals surface area contributed by atoms with Gasteiger partial charge in [0.1, 0.15) is 104 Å². The Labute approximate surface area is 540 Å². The van der Waals surface area contributed by atoms with Gasteiger partial charge in [0.05, 0.1) is 57.5 Å². The standard InChI is InChI=1S/C64H102O29/c1-10-28-53(81)92-49-47(78)57(90-32(48(49)86-28)23-83-55-45(76)42(73)38(69)30(21-66)88-55)91-35-14-15-61(7)33(60(35,5)6)13-16-63(9)34(61)12-11-26-27-19-59(3,4)51(79)52(80)64(27,18-17-62(26,63)8)24-84-58-50(93-56-46(77)40(71)36(67)25(2)85-56)43(74)39(70)31(89-58)22-82-54-44(75)41(72)37(68)29(20-65)87-54/h10-11,25,27,29-52,54-58,65-80H,12-24H2,1-9H3/b28-10+/t25?,27?,29?,30?,31?,32?,33?,34?,35-,36-,37+,38+,39+,40?,41?,42?,43?,44?,45?,46?,47?,48+,49?,50?,51-,52-,54+,55+,56-,57-,58+,61-,62+,63+,64-/m0/s1. The third-order valence-electron chi connectivity index (χ3n) is 24.7. The number of hydrogen-bond donors (Lipinski definition) is 16. The molecule has 16 N–H and O–H groups in total. The van der Waals surface area contributed by atoms with Gasteiger partial charge in [0.15, 0.2) is 43.7 Å². The molecule has 35 atom stereocenters. The first-order valence-corrected chi connectivity index (χ1v) is 33.1. The lowest BCUT2D eigenvalue weighted by Crippen LogP contribution is -2.69. The first kappa shape index (κ1) is 72.0. The van der Waals surface area contributed by atoms with Crippen LogP contribution in [0.25, 0.3) is 0 Å². The molecule has 18 unspecified atom stereocenters. The van der Waals surface area contributed by atoms with Crippen LogP contribution in [0.2, 0.25) is 0 Å². The monoisotopic (exact) mass is 1330 g/mol. The molecule has 29 heteroatoms. The third-order valence-corrected chi connectivity index (χ3v) is 24.7. The van der Waals surface area contributed by atoms with E-state index in [1.54, 1.807) is 6.92 Å². The van der Waals surface area contributed by atoms with Crippen molar-refractivity contribution in [2.45, 2.75) is 286 Å². The third kappa shape index (κ3) is 12.0. The molecule has 11 aliphatic rings. The van der Waals surface area contributed by atoms with E-state index >= 15 is 0 Å². The number of ether oxygens (including phenoxy) is 12. The van der Waals surface area contributed by atoms with Crippen LogP contribution in [-0.4, -0.2) is 293 Å². The maximum absolute atomic E-state index is 13.1. The van der Waals surface area contributed by atoms with Crippen molar-refractivity contribution in [3.63, 3.8) is 0 Å². The molecule has 0 radical (unpaired) electrons. The molecule has 0 aromatic rings. The van der Waals surface area contributed by atoms with Gasteiger partial charge < -0.3 is 139 Å². The minimum Gasteiger partial charge on any atom is -0.476 e. The zero-order valence-corrected chi connectivity index (χ0v) is 54.2. The summed E-state index contributed by atoms with van der Waals surface area (Å²) in [7, 11) is 0. The van der Waals surface area contributed by atoms with Crippen molar-refractivity contribution < 1.29 is 143 Å². The smallest absolute Gasteiger partial charge is 0.373 e. The highest BCUT2D eigenvalue weighted by molar-refractivity contribution is 5.87. The summed E-state index contributed by atoms with van der Waals surface area (Å²) in [5, 5.41) is 176. The van der Waals surface area contributed by atoms with E-state index in [4.69, 9.17) is 56.8 Å². The average molecular weight is 1340 g/mol. The van der Waals surface area contributed by atoms with Crippen LogP contribution in [0.15, 0.2) is 23.5 Å². The Hall–Kier alpha value is -2.29. The van der Waals surface area contributed by atoms with Crippen molar-refractivity contribution in [3.05, 3.63) is 23.5 Å². The molecule has 4 saturated carbocycles. The highest BCUT2D eigenvalue weighted by atomic mass is 16.8. The predicted molar refractivity (Wildman–Crippen MR) is 313 cm³/mol. The van der Waals surface area contributed by atoms with E-state index < -0.39 is 232 Å². The molecule has 0 amide bonds. The Balaban J connectivity index is 0.839. The van der Waals surface area contributed by atoms with Crippen molar-refractivity contribution >= 4 is 5.97 Å². The van der Waals surface area contributed by atoms with E-state index in [0.29, 0.717) is 38.5 Å². The highest BCUT2D eigenvalue weighted by Gasteiger charge is 2.71. The average Bonchev–Trinajstić information content (AvgIpc) is 0.674. The maximum Gasteiger partial charge on any atom is 0.373 e. The highest BCUT2D eigenvalue weighted by Crippen LogP contribution is 2.76. The van der Waals surface area contributed by atoms with Crippen molar-refractivity contribution in [2.24, 2.45) is 50.2 Å². The fourth-order valence-electron chi connectivity index (χ4n) is 18.8. The van der Waals surface area contributed by atoms with E-state index in [-0.39, 0.29) is 35.0 Å². The zero-order chi connectivity index (χ0) is 67.7. The molecule has 0 spiro atoms. The minimum absolute atomic E-state index is 0.0663. The number of esters is 1. The molecular formula is C64H102O29. The van der Waals surface area contributed by atoms with E-state index in [1.165, 1.54) is 13.0 Å². The lowest BCUT2D eigenvalue weighted by atomic mass is 9.33. The van der Waals surface area contributed by atoms with Gasteiger partial charge in [-0.25, -0.2) is 4.79 Å². The Morgan fingerprint density at radius 2 is 1.10 bits per heavy atom. The Morgan fingerprint density at radius 1 is 0.538 bits per heavy atom. The summed E-state index contributed by atoms with van der Waals surface area (Å²) in [5.41, 5.74) is -2.55. The molecule has 532 valence electrons. The van der Waals surface area contributed by atoms with Gasteiger partial charge in [-0.1, -0.05) is 60.1 Å². The quantitative estimate of drug-likeness (QED) is 0.0331. The second-order valence-corrected chi connectivity index (χ2v) is 30.5. The van der Waals surface area contributed by atoms with Gasteiger partial charge in [-0.3, -0.25) is 0 Å². The summed E-state index contributed by atoms with van der Waals surface area (Å²) in [6, 6.07) is 0. The van der Waals surface area contributed by atoms with Gasteiger partial charge in [0.2, 0.25) is 5.76 Å². The summed E-state index contributed by atoms with van der Waals surface area (Å²) in [6.07, 6.45) is -33.7. The Morgan fingerprint density at radius 3 is 1.71 bits per heavy atom. The number of allylic oxidation sites excluding steroid dienone is 3. The topological polar surface area (TPSA) is 452 Å². The molecule has 6 aliphatic heterocycles. The van der Waals surface area contributed by atoms with Crippen molar-refractivity contribution in [1.29, 1.82) is 0 Å². The fourth-order valence-corrected chi connectivity index (χ4v) is 18.8. The molecule has 29 nitrogen and oxygen atoms in total. The van der Waals surface area contributed by atoms with Crippen LogP contribution in [0, 0.1) is 50.2 Å². The van der Waals surface area contributed by atoms with Crippen molar-refractivity contribution in [3.8, 4) is 0 Å². The molecule has 10 fully saturated rings. The van der Waals surface area contributed by atoms with Gasteiger partial charge in [0.25, 0.3) is 0 Å². The lowest BCUT2D eigenvalue weighted by molar-refractivity contribution is -0.374. The molecule has 11 rings (SSSR count). The molecule has 6 heterocycles. The van der Waals surface area contributed by atoms with E-state index in [1.807, 2.05) is 13.8 Å². The van der Waals surface area contributed by atoms with Gasteiger partial charge >= 0.3 is 5.97 Å². The van der Waals surface area contributed by atoms with Crippen molar-refractivity contribution in [1.82, 2.24) is 0 Å². The summed E-state index contributed by atoms with van der Waals surface area (Å²) >= 11 is 0. The zero-order valence-electron chi connectivity index (χ0n) is 54.2. The lowest BCUT2D eigenvalue weighted by Gasteiger charge is -2.72. The molecule has 6 saturated heterocycles. The molecule has 0 aromatic heterocycles. The number of aliphatic hydroxyl groups is 16. The van der Waals surface area contributed by atoms with E-state index in [9.17, 15) is 86.5 Å². The number of carbonyl (C=O) groups is 1. The predicted octanol–water partition coefficient (Wildman–Crippen LogP) is -3.28. The normalized spacial score (nSPS) is 54.0. The number of fused-ring (bicyclic) bond motifs is 8. The van der Waals surface area contributed by atoms with Crippen LogP contribution in [-0.2, 0) is 61.6 Å². The first-order valence-electron chi connectivity index (χ1n) is 33.1. The largest absolute Gasteiger partial charge is 0.476 e. The molecule has 0 bridgehead atoms. The van der Waals surface area contributed by atoms with Crippen molar-refractivity contribution in [2.75, 3.05) is 33.0 Å². The summed E-state index contributed by atoms with van der Waals surface area (Å²) in [5.74, 6) is -1.15. The molecule has 93 heavy (non-hydrogen) atoms. The minimum atomic E-state index is -1.92. The summed E-state index contributed by atoms with van der Waals surface area (Å²) in [4.78, 5) is 13.1. The summed E-state index contributed by atoms with van der Waals surface area (Å²) < 4.78 is 73.2. The Kier molecular flexibility index (Phi) is 20.6. The Bertz CT molecular complexity index is 2680. The molecule has 0 aromatic carbocycles. The number of aliphatic hydroxyl groups excluding tert-OH is 16. The number of carbonyl (C=O) groups excluding carboxylic acids is 1. The van der Waals surface area contributed by atoms with Crippen LogP contribution < -0.4 is 0 Å². The van der Waals surface area contributed by atoms with Gasteiger partial charge in [-0.05, 0) is 116 Å². The molecular weight excluding hydrogens is 1230 g/mol. The second kappa shape index (κ2) is 26.7. The van der Waals surface area contributed by atoms with Crippen LogP contribution in [0.4, 0.5) is 0 Å². The van der Waals surface area contributed by atoms with Crippen LogP contribution in [0.3, 0.4) is 0 Å². The first-order chi connectivity index (χ1) is 43.7. The van der Waals surface area contributed by atoms with Crippen LogP contribution in [0.1, 0.15) is 114 Å². The maximum atomic E-state index is 13.1. The van der Waals surface area contributed by atoms with Gasteiger partial charge in [-0.15, -0.1) is 0 Å². The molecule has 5 aliphatic carbocycles. The fraction of sp³-hybridized carbons (Fsp3) is 0.922. The van der Waals surface area contributed by atoms with Gasteiger partial charge in [-0.2, -0.15) is 0 Å². The SMILES string of the molecule is C/C=C1/O[C@@H]2C(CO[C@@H]3OC(CO)[C@@H](O)C(O)C3O)O[C@@H](O[C@H]3CC[C@@]4(C)C(CC[C@]5(C)C4CC=C4C6CC(C)(C)[C@@H](O)[C@H](O)[C@]6(CO[C@@H]6OC(CO[C@@H]7OC(CO)[C@@H](O)C(O)C7O)[C@@H](O)C(O)C6O[C@@H]6OC(C)[C@H](O)C(O)C6O)CC[C@]45C)C3(C)C)C(O)C2OC1=O. The summed E-state index contributed by atoms with van der Waals surface area (Å²) in [6.45, 7) is 15.4. The van der Waals surface area contributed by atoms with E-state index in [0.717, 1.165) is 18.4 Å². The van der Waals surface area contributed by atoms with Gasteiger partial charge in [0, 0.05) is 5.41 Å². The van der Waals surface area contributed by atoms with Crippen LogP contribution >= 0.6 is 0 Å². The van der Waals surface area contributed by atoms with E-state index in [2.05, 4.69) is 40.7 Å². The second-order valence-electron chi connectivity index (χ2n) is 30.5.